The number of carbonyl (C=O) groups excluding carboxylic acids is 1. The summed E-state index contributed by atoms with van der Waals surface area (Å²) in [5.41, 5.74) is 1.14. The summed E-state index contributed by atoms with van der Waals surface area (Å²) in [6.45, 7) is 4.24. The van der Waals surface area contributed by atoms with E-state index in [0.29, 0.717) is 19.0 Å². The van der Waals surface area contributed by atoms with Crippen molar-refractivity contribution in [3.05, 3.63) is 35.9 Å². The summed E-state index contributed by atoms with van der Waals surface area (Å²) >= 11 is 0. The van der Waals surface area contributed by atoms with Gasteiger partial charge in [0.15, 0.2) is 0 Å². The third-order valence-electron chi connectivity index (χ3n) is 3.56. The van der Waals surface area contributed by atoms with Crippen LogP contribution < -0.4 is 10.6 Å². The van der Waals surface area contributed by atoms with Gasteiger partial charge in [0.1, 0.15) is 0 Å². The van der Waals surface area contributed by atoms with Crippen LogP contribution in [0.1, 0.15) is 12.0 Å². The molecule has 1 heterocycles. The normalized spacial score (nSPS) is 18.6. The minimum absolute atomic E-state index is 0. The van der Waals surface area contributed by atoms with Crippen LogP contribution in [0.15, 0.2) is 30.3 Å². The van der Waals surface area contributed by atoms with Crippen molar-refractivity contribution in [3.8, 4) is 0 Å². The highest BCUT2D eigenvalue weighted by molar-refractivity contribution is 5.85. The van der Waals surface area contributed by atoms with E-state index >= 15 is 0 Å². The monoisotopic (exact) mass is 297 g/mol. The largest absolute Gasteiger partial charge is 0.351 e. The SMILES string of the molecule is CNCC1CCN(CC(=O)NCc2ccccc2)C1.Cl. The molecule has 1 atom stereocenters. The van der Waals surface area contributed by atoms with Crippen LogP contribution >= 0.6 is 12.4 Å². The van der Waals surface area contributed by atoms with Crippen molar-refractivity contribution in [2.24, 2.45) is 5.92 Å². The lowest BCUT2D eigenvalue weighted by Gasteiger charge is -2.15. The number of likely N-dealkylation sites (tertiary alicyclic amines) is 1. The number of hydrogen-bond acceptors (Lipinski definition) is 3. The first-order chi connectivity index (χ1) is 9.28. The third-order valence-corrected chi connectivity index (χ3v) is 3.56. The molecule has 1 aromatic rings. The van der Waals surface area contributed by atoms with E-state index in [-0.39, 0.29) is 18.3 Å². The van der Waals surface area contributed by atoms with Crippen molar-refractivity contribution in [1.82, 2.24) is 15.5 Å². The molecule has 1 fully saturated rings. The van der Waals surface area contributed by atoms with Crippen LogP contribution in [0.2, 0.25) is 0 Å². The molecule has 0 saturated carbocycles. The summed E-state index contributed by atoms with van der Waals surface area (Å²) in [6, 6.07) is 10.0. The van der Waals surface area contributed by atoms with Gasteiger partial charge in [0.2, 0.25) is 5.91 Å². The standard InChI is InChI=1S/C15H23N3O.ClH/c1-16-9-14-7-8-18(11-14)12-15(19)17-10-13-5-3-2-4-6-13;/h2-6,14,16H,7-12H2,1H3,(H,17,19);1H. The maximum absolute atomic E-state index is 11.9. The molecule has 1 amide bonds. The lowest BCUT2D eigenvalue weighted by atomic mass is 10.1. The molecule has 112 valence electrons. The van der Waals surface area contributed by atoms with Gasteiger partial charge in [0, 0.05) is 13.1 Å². The molecular weight excluding hydrogens is 274 g/mol. The van der Waals surface area contributed by atoms with Gasteiger partial charge in [-0.25, -0.2) is 0 Å². The van der Waals surface area contributed by atoms with E-state index in [2.05, 4.69) is 15.5 Å². The topological polar surface area (TPSA) is 44.4 Å². The van der Waals surface area contributed by atoms with Crippen LogP contribution in [0, 0.1) is 5.92 Å². The first kappa shape index (κ1) is 17.0. The Labute approximate surface area is 127 Å². The van der Waals surface area contributed by atoms with Gasteiger partial charge < -0.3 is 10.6 Å². The number of nitrogens with zero attached hydrogens (tertiary/aromatic N) is 1. The van der Waals surface area contributed by atoms with E-state index in [0.717, 1.165) is 25.2 Å². The number of carbonyl (C=O) groups is 1. The van der Waals surface area contributed by atoms with E-state index in [1.165, 1.54) is 6.42 Å². The lowest BCUT2D eigenvalue weighted by Crippen LogP contribution is -2.36. The van der Waals surface area contributed by atoms with Gasteiger partial charge in [0.25, 0.3) is 0 Å². The highest BCUT2D eigenvalue weighted by Crippen LogP contribution is 2.14. The number of halogens is 1. The van der Waals surface area contributed by atoms with E-state index in [9.17, 15) is 4.79 Å². The predicted octanol–water partition coefficient (Wildman–Crippen LogP) is 1.27. The summed E-state index contributed by atoms with van der Waals surface area (Å²) in [6.07, 6.45) is 1.19. The number of rotatable bonds is 6. The molecule has 0 bridgehead atoms. The Morgan fingerprint density at radius 2 is 2.10 bits per heavy atom. The molecule has 2 N–H and O–H groups in total. The fourth-order valence-corrected chi connectivity index (χ4v) is 2.57. The molecule has 4 nitrogen and oxygen atoms in total. The Hall–Kier alpha value is -1.10. The lowest BCUT2D eigenvalue weighted by molar-refractivity contribution is -0.122. The van der Waals surface area contributed by atoms with Gasteiger partial charge in [-0.15, -0.1) is 12.4 Å². The average molecular weight is 298 g/mol. The van der Waals surface area contributed by atoms with E-state index in [1.54, 1.807) is 0 Å². The van der Waals surface area contributed by atoms with Crippen molar-refractivity contribution >= 4 is 18.3 Å². The third kappa shape index (κ3) is 5.49. The van der Waals surface area contributed by atoms with Crippen LogP contribution in [0.25, 0.3) is 0 Å². The van der Waals surface area contributed by atoms with Gasteiger partial charge in [-0.05, 0) is 38.0 Å². The highest BCUT2D eigenvalue weighted by Gasteiger charge is 2.23. The summed E-state index contributed by atoms with van der Waals surface area (Å²) in [7, 11) is 1.98. The smallest absolute Gasteiger partial charge is 0.234 e. The minimum atomic E-state index is 0. The van der Waals surface area contributed by atoms with Crippen LogP contribution in [0.4, 0.5) is 0 Å². The zero-order valence-corrected chi connectivity index (χ0v) is 12.8. The molecule has 1 aromatic carbocycles. The molecule has 1 unspecified atom stereocenters. The number of amides is 1. The van der Waals surface area contributed by atoms with Crippen molar-refractivity contribution in [3.63, 3.8) is 0 Å². The predicted molar refractivity (Wildman–Crippen MR) is 84.0 cm³/mol. The first-order valence-electron chi connectivity index (χ1n) is 6.95. The van der Waals surface area contributed by atoms with Crippen molar-refractivity contribution < 1.29 is 4.79 Å². The van der Waals surface area contributed by atoms with Crippen LogP contribution in [-0.2, 0) is 11.3 Å². The van der Waals surface area contributed by atoms with Gasteiger partial charge in [0.05, 0.1) is 6.54 Å². The number of benzene rings is 1. The molecule has 1 saturated heterocycles. The Balaban J connectivity index is 0.00000200. The van der Waals surface area contributed by atoms with Gasteiger partial charge in [-0.3, -0.25) is 9.69 Å². The van der Waals surface area contributed by atoms with Crippen molar-refractivity contribution in [2.75, 3.05) is 33.2 Å². The second-order valence-corrected chi connectivity index (χ2v) is 5.21. The Kier molecular flexibility index (Phi) is 7.59. The molecule has 5 heteroatoms. The summed E-state index contributed by atoms with van der Waals surface area (Å²) < 4.78 is 0. The number of nitrogens with one attached hydrogen (secondary N) is 2. The van der Waals surface area contributed by atoms with Crippen molar-refractivity contribution in [2.45, 2.75) is 13.0 Å². The van der Waals surface area contributed by atoms with E-state index in [4.69, 9.17) is 0 Å². The second kappa shape index (κ2) is 8.95. The zero-order valence-electron chi connectivity index (χ0n) is 12.0. The summed E-state index contributed by atoms with van der Waals surface area (Å²) in [5.74, 6) is 0.806. The second-order valence-electron chi connectivity index (χ2n) is 5.21. The van der Waals surface area contributed by atoms with Crippen LogP contribution in [0.5, 0.6) is 0 Å². The molecule has 0 spiro atoms. The maximum atomic E-state index is 11.9. The molecule has 0 aliphatic carbocycles. The minimum Gasteiger partial charge on any atom is -0.351 e. The molecule has 1 aliphatic rings. The molecule has 1 aliphatic heterocycles. The fraction of sp³-hybridized carbons (Fsp3) is 0.533. The van der Waals surface area contributed by atoms with Gasteiger partial charge >= 0.3 is 0 Å². The fourth-order valence-electron chi connectivity index (χ4n) is 2.57. The summed E-state index contributed by atoms with van der Waals surface area (Å²) in [5, 5.41) is 6.18. The molecule has 0 radical (unpaired) electrons. The molecular formula is C15H24ClN3O. The molecule has 0 aromatic heterocycles. The molecule has 20 heavy (non-hydrogen) atoms. The van der Waals surface area contributed by atoms with Crippen LogP contribution in [-0.4, -0.2) is 44.0 Å². The molecule has 2 rings (SSSR count). The van der Waals surface area contributed by atoms with Crippen molar-refractivity contribution in [1.29, 1.82) is 0 Å². The van der Waals surface area contributed by atoms with E-state index < -0.39 is 0 Å². The Morgan fingerprint density at radius 3 is 2.80 bits per heavy atom. The zero-order chi connectivity index (χ0) is 13.5. The quantitative estimate of drug-likeness (QED) is 0.831. The van der Waals surface area contributed by atoms with E-state index in [1.807, 2.05) is 37.4 Å². The summed E-state index contributed by atoms with van der Waals surface area (Å²) in [4.78, 5) is 14.1. The Bertz CT molecular complexity index is 399. The Morgan fingerprint density at radius 1 is 1.35 bits per heavy atom. The first-order valence-corrected chi connectivity index (χ1v) is 6.95. The average Bonchev–Trinajstić information content (AvgIpc) is 2.85. The highest BCUT2D eigenvalue weighted by atomic mass is 35.5. The van der Waals surface area contributed by atoms with Crippen LogP contribution in [0.3, 0.4) is 0 Å². The van der Waals surface area contributed by atoms with Gasteiger partial charge in [-0.2, -0.15) is 0 Å². The van der Waals surface area contributed by atoms with Gasteiger partial charge in [-0.1, -0.05) is 30.3 Å². The maximum Gasteiger partial charge on any atom is 0.234 e. The number of hydrogen-bond donors (Lipinski definition) is 2.